The summed E-state index contributed by atoms with van der Waals surface area (Å²) in [6.07, 6.45) is 2.30. The van der Waals surface area contributed by atoms with Crippen molar-refractivity contribution in [3.8, 4) is 0 Å². The monoisotopic (exact) mass is 421 g/mol. The second-order valence-electron chi connectivity index (χ2n) is 6.49. The number of hydrogen-bond donors (Lipinski definition) is 3. The zero-order valence-electron chi connectivity index (χ0n) is 15.4. The molecule has 6 nitrogen and oxygen atoms in total. The van der Waals surface area contributed by atoms with Crippen LogP contribution in [0.25, 0.3) is 0 Å². The SMILES string of the molecule is NC(=S)N1N=C(c2ccc(NC(=S)Nc3ccccc3)cc2)CC1c1ccco1. The van der Waals surface area contributed by atoms with Gasteiger partial charge in [0.05, 0.1) is 12.0 Å². The van der Waals surface area contributed by atoms with Crippen molar-refractivity contribution in [2.24, 2.45) is 10.8 Å². The molecule has 0 amide bonds. The molecule has 1 atom stereocenters. The van der Waals surface area contributed by atoms with Crippen LogP contribution in [0.4, 0.5) is 11.4 Å². The van der Waals surface area contributed by atoms with E-state index in [9.17, 15) is 0 Å². The van der Waals surface area contributed by atoms with E-state index in [0.717, 1.165) is 28.4 Å². The first-order valence-corrected chi connectivity index (χ1v) is 9.85. The molecule has 1 aliphatic heterocycles. The highest BCUT2D eigenvalue weighted by atomic mass is 32.1. The molecule has 0 fully saturated rings. The maximum atomic E-state index is 5.85. The van der Waals surface area contributed by atoms with E-state index in [1.165, 1.54) is 0 Å². The number of hydrogen-bond acceptors (Lipinski definition) is 4. The van der Waals surface area contributed by atoms with Gasteiger partial charge in [0.1, 0.15) is 11.8 Å². The van der Waals surface area contributed by atoms with Gasteiger partial charge in [-0.05, 0) is 66.4 Å². The summed E-state index contributed by atoms with van der Waals surface area (Å²) in [5.74, 6) is 0.784. The zero-order valence-corrected chi connectivity index (χ0v) is 17.0. The van der Waals surface area contributed by atoms with E-state index in [0.29, 0.717) is 11.5 Å². The number of furan rings is 1. The van der Waals surface area contributed by atoms with Crippen molar-refractivity contribution in [2.75, 3.05) is 10.6 Å². The lowest BCUT2D eigenvalue weighted by Crippen LogP contribution is -2.31. The summed E-state index contributed by atoms with van der Waals surface area (Å²) in [5, 5.41) is 13.3. The maximum Gasteiger partial charge on any atom is 0.187 e. The third kappa shape index (κ3) is 4.44. The Morgan fingerprint density at radius 1 is 0.966 bits per heavy atom. The highest BCUT2D eigenvalue weighted by Gasteiger charge is 2.32. The fourth-order valence-electron chi connectivity index (χ4n) is 3.15. The number of anilines is 2. The fraction of sp³-hybridized carbons (Fsp3) is 0.0952. The number of rotatable bonds is 4. The third-order valence-electron chi connectivity index (χ3n) is 4.52. The minimum absolute atomic E-state index is 0.127. The Balaban J connectivity index is 1.44. The predicted molar refractivity (Wildman–Crippen MR) is 124 cm³/mol. The number of benzene rings is 2. The van der Waals surface area contributed by atoms with Crippen molar-refractivity contribution < 1.29 is 4.42 Å². The molecule has 1 aromatic heterocycles. The topological polar surface area (TPSA) is 78.8 Å². The first-order chi connectivity index (χ1) is 14.1. The van der Waals surface area contributed by atoms with E-state index in [2.05, 4.69) is 15.7 Å². The predicted octanol–water partition coefficient (Wildman–Crippen LogP) is 4.48. The number of hydrazone groups is 1. The van der Waals surface area contributed by atoms with Gasteiger partial charge in [-0.2, -0.15) is 5.10 Å². The minimum Gasteiger partial charge on any atom is -0.467 e. The highest BCUT2D eigenvalue weighted by molar-refractivity contribution is 7.80. The number of nitrogens with two attached hydrogens (primary N) is 1. The van der Waals surface area contributed by atoms with Gasteiger partial charge in [-0.3, -0.25) is 0 Å². The van der Waals surface area contributed by atoms with Gasteiger partial charge in [0.15, 0.2) is 10.2 Å². The lowest BCUT2D eigenvalue weighted by molar-refractivity contribution is 0.316. The quantitative estimate of drug-likeness (QED) is 0.536. The van der Waals surface area contributed by atoms with E-state index in [4.69, 9.17) is 34.6 Å². The van der Waals surface area contributed by atoms with Gasteiger partial charge in [0, 0.05) is 17.8 Å². The highest BCUT2D eigenvalue weighted by Crippen LogP contribution is 2.32. The minimum atomic E-state index is -0.127. The number of nitrogens with one attached hydrogen (secondary N) is 2. The Kier molecular flexibility index (Phi) is 5.55. The van der Waals surface area contributed by atoms with Crippen LogP contribution < -0.4 is 16.4 Å². The Morgan fingerprint density at radius 3 is 2.28 bits per heavy atom. The molecule has 2 aromatic carbocycles. The molecular formula is C21H19N5OS2. The molecule has 2 heterocycles. The van der Waals surface area contributed by atoms with Crippen molar-refractivity contribution in [3.63, 3.8) is 0 Å². The molecule has 4 rings (SSSR count). The van der Waals surface area contributed by atoms with E-state index < -0.39 is 0 Å². The second kappa shape index (κ2) is 8.42. The molecule has 8 heteroatoms. The van der Waals surface area contributed by atoms with Gasteiger partial charge in [0.2, 0.25) is 0 Å². The van der Waals surface area contributed by atoms with Crippen molar-refractivity contribution in [2.45, 2.75) is 12.5 Å². The lowest BCUT2D eigenvalue weighted by atomic mass is 10.0. The number of nitrogens with zero attached hydrogens (tertiary/aromatic N) is 2. The van der Waals surface area contributed by atoms with E-state index in [1.807, 2.05) is 66.7 Å². The van der Waals surface area contributed by atoms with Crippen LogP contribution in [0.2, 0.25) is 0 Å². The molecule has 0 radical (unpaired) electrons. The van der Waals surface area contributed by atoms with Gasteiger partial charge < -0.3 is 20.8 Å². The summed E-state index contributed by atoms with van der Waals surface area (Å²) >= 11 is 10.5. The summed E-state index contributed by atoms with van der Waals surface area (Å²) in [6, 6.07) is 21.3. The van der Waals surface area contributed by atoms with E-state index in [-0.39, 0.29) is 11.2 Å². The molecule has 0 bridgehead atoms. The van der Waals surface area contributed by atoms with Gasteiger partial charge in [-0.25, -0.2) is 5.01 Å². The summed E-state index contributed by atoms with van der Waals surface area (Å²) in [5.41, 5.74) is 9.56. The molecule has 146 valence electrons. The molecule has 0 aliphatic carbocycles. The Hall–Kier alpha value is -3.23. The molecule has 1 unspecified atom stereocenters. The van der Waals surface area contributed by atoms with Crippen LogP contribution in [0.5, 0.6) is 0 Å². The van der Waals surface area contributed by atoms with Crippen molar-refractivity contribution in [1.29, 1.82) is 0 Å². The smallest absolute Gasteiger partial charge is 0.187 e. The molecule has 29 heavy (non-hydrogen) atoms. The van der Waals surface area contributed by atoms with Crippen LogP contribution in [-0.2, 0) is 0 Å². The molecule has 0 saturated carbocycles. The zero-order chi connectivity index (χ0) is 20.2. The molecule has 0 saturated heterocycles. The summed E-state index contributed by atoms with van der Waals surface area (Å²) in [4.78, 5) is 0. The number of para-hydroxylation sites is 1. The maximum absolute atomic E-state index is 5.85. The van der Waals surface area contributed by atoms with E-state index in [1.54, 1.807) is 11.3 Å². The average molecular weight is 422 g/mol. The Bertz CT molecular complexity index is 1030. The average Bonchev–Trinajstić information content (AvgIpc) is 3.39. The Labute approximate surface area is 179 Å². The Morgan fingerprint density at radius 2 is 1.66 bits per heavy atom. The molecule has 1 aliphatic rings. The van der Waals surface area contributed by atoms with Crippen LogP contribution in [-0.4, -0.2) is 20.9 Å². The van der Waals surface area contributed by atoms with Gasteiger partial charge in [-0.1, -0.05) is 30.3 Å². The fourth-order valence-corrected chi connectivity index (χ4v) is 3.56. The molecule has 4 N–H and O–H groups in total. The second-order valence-corrected chi connectivity index (χ2v) is 7.31. The van der Waals surface area contributed by atoms with Gasteiger partial charge >= 0.3 is 0 Å². The first kappa shape index (κ1) is 19.1. The van der Waals surface area contributed by atoms with Crippen LogP contribution in [0.3, 0.4) is 0 Å². The molecule has 3 aromatic rings. The largest absolute Gasteiger partial charge is 0.467 e. The van der Waals surface area contributed by atoms with Crippen molar-refractivity contribution >= 4 is 51.7 Å². The number of thiocarbonyl (C=S) groups is 2. The standard InChI is InChI=1S/C21H19N5OS2/c22-20(28)26-18(19-7-4-12-27-19)13-17(25-26)14-8-10-16(11-9-14)24-21(29)23-15-5-2-1-3-6-15/h1-12,18H,13H2,(H2,22,28)(H2,23,24,29). The van der Waals surface area contributed by atoms with Crippen LogP contribution in [0.1, 0.15) is 23.8 Å². The van der Waals surface area contributed by atoms with Crippen molar-refractivity contribution in [1.82, 2.24) is 5.01 Å². The first-order valence-electron chi connectivity index (χ1n) is 9.03. The van der Waals surface area contributed by atoms with Crippen molar-refractivity contribution in [3.05, 3.63) is 84.3 Å². The third-order valence-corrected chi connectivity index (χ3v) is 4.91. The molecule has 0 spiro atoms. The van der Waals surface area contributed by atoms with Gasteiger partial charge in [-0.15, -0.1) is 0 Å². The van der Waals surface area contributed by atoms with Gasteiger partial charge in [0.25, 0.3) is 0 Å². The van der Waals surface area contributed by atoms with E-state index >= 15 is 0 Å². The lowest BCUT2D eigenvalue weighted by Gasteiger charge is -2.19. The summed E-state index contributed by atoms with van der Waals surface area (Å²) in [7, 11) is 0. The van der Waals surface area contributed by atoms with Crippen LogP contribution in [0.15, 0.2) is 82.5 Å². The normalized spacial score (nSPS) is 15.7. The van der Waals surface area contributed by atoms with Crippen LogP contribution >= 0.6 is 24.4 Å². The van der Waals surface area contributed by atoms with Crippen LogP contribution in [0, 0.1) is 0 Å². The molecular weight excluding hydrogens is 402 g/mol. The summed E-state index contributed by atoms with van der Waals surface area (Å²) in [6.45, 7) is 0. The summed E-state index contributed by atoms with van der Waals surface area (Å²) < 4.78 is 5.53.